The summed E-state index contributed by atoms with van der Waals surface area (Å²) in [5.74, 6) is 0.924. The molecular weight excluding hydrogens is 392 g/mol. The molecule has 0 aliphatic carbocycles. The number of thioether (sulfide) groups is 1. The number of carbonyl (C=O) groups is 1. The molecule has 134 valence electrons. The first kappa shape index (κ1) is 18.5. The molecule has 0 unspecified atom stereocenters. The van der Waals surface area contributed by atoms with E-state index in [1.165, 1.54) is 23.1 Å². The van der Waals surface area contributed by atoms with E-state index in [4.69, 9.17) is 16.3 Å². The number of amides is 1. The van der Waals surface area contributed by atoms with Crippen molar-refractivity contribution >= 4 is 57.1 Å². The summed E-state index contributed by atoms with van der Waals surface area (Å²) in [4.78, 5) is 12.0. The standard InChI is InChI=1S/C17H15ClN4O2S2/c1-24-14-8-6-13(7-9-14)20-16-21-22-17(26-16)25-10-15(23)19-12-4-2-11(18)3-5-12/h2-9H,10H2,1H3,(H,19,23)(H,20,21). The number of rotatable bonds is 7. The van der Waals surface area contributed by atoms with E-state index in [0.717, 1.165) is 11.4 Å². The number of nitrogens with zero attached hydrogens (tertiary/aromatic N) is 2. The van der Waals surface area contributed by atoms with Crippen LogP contribution in [0.15, 0.2) is 52.9 Å². The largest absolute Gasteiger partial charge is 0.497 e. The van der Waals surface area contributed by atoms with Crippen LogP contribution in [0, 0.1) is 0 Å². The molecule has 2 N–H and O–H groups in total. The lowest BCUT2D eigenvalue weighted by molar-refractivity contribution is -0.113. The van der Waals surface area contributed by atoms with Gasteiger partial charge in [0.2, 0.25) is 11.0 Å². The third kappa shape index (κ3) is 5.35. The zero-order valence-electron chi connectivity index (χ0n) is 13.7. The van der Waals surface area contributed by atoms with Gasteiger partial charge in [0, 0.05) is 16.4 Å². The van der Waals surface area contributed by atoms with Crippen LogP contribution >= 0.6 is 34.7 Å². The lowest BCUT2D eigenvalue weighted by atomic mass is 10.3. The third-order valence-electron chi connectivity index (χ3n) is 3.20. The summed E-state index contributed by atoms with van der Waals surface area (Å²) in [6, 6.07) is 14.5. The smallest absolute Gasteiger partial charge is 0.234 e. The Hall–Kier alpha value is -2.29. The Morgan fingerprint density at radius 3 is 2.50 bits per heavy atom. The summed E-state index contributed by atoms with van der Waals surface area (Å²) < 4.78 is 5.84. The highest BCUT2D eigenvalue weighted by Gasteiger charge is 2.09. The van der Waals surface area contributed by atoms with Crippen molar-refractivity contribution in [3.05, 3.63) is 53.6 Å². The molecule has 0 radical (unpaired) electrons. The maximum absolute atomic E-state index is 12.0. The van der Waals surface area contributed by atoms with Crippen LogP contribution in [0.5, 0.6) is 5.75 Å². The molecule has 0 saturated carbocycles. The van der Waals surface area contributed by atoms with Crippen molar-refractivity contribution in [2.24, 2.45) is 0 Å². The molecule has 9 heteroatoms. The number of ether oxygens (including phenoxy) is 1. The first-order valence-electron chi connectivity index (χ1n) is 7.55. The number of methoxy groups -OCH3 is 1. The minimum atomic E-state index is -0.114. The molecule has 2 aromatic carbocycles. The zero-order valence-corrected chi connectivity index (χ0v) is 16.1. The minimum absolute atomic E-state index is 0.114. The van der Waals surface area contributed by atoms with Gasteiger partial charge in [0.1, 0.15) is 5.75 Å². The average Bonchev–Trinajstić information content (AvgIpc) is 3.10. The van der Waals surface area contributed by atoms with Gasteiger partial charge in [-0.2, -0.15) is 0 Å². The summed E-state index contributed by atoms with van der Waals surface area (Å²) >= 11 is 8.55. The summed E-state index contributed by atoms with van der Waals surface area (Å²) in [6.45, 7) is 0. The molecular formula is C17H15ClN4O2S2. The lowest BCUT2D eigenvalue weighted by Crippen LogP contribution is -2.13. The minimum Gasteiger partial charge on any atom is -0.497 e. The monoisotopic (exact) mass is 406 g/mol. The summed E-state index contributed by atoms with van der Waals surface area (Å²) in [5.41, 5.74) is 1.60. The molecule has 26 heavy (non-hydrogen) atoms. The number of halogens is 1. The SMILES string of the molecule is COc1ccc(Nc2nnc(SCC(=O)Nc3ccc(Cl)cc3)s2)cc1. The molecule has 0 bridgehead atoms. The predicted octanol–water partition coefficient (Wildman–Crippen LogP) is 4.67. The van der Waals surface area contributed by atoms with Gasteiger partial charge in [-0.1, -0.05) is 34.7 Å². The topological polar surface area (TPSA) is 76.1 Å². The van der Waals surface area contributed by atoms with E-state index in [0.29, 0.717) is 20.2 Å². The Morgan fingerprint density at radius 2 is 1.81 bits per heavy atom. The maximum atomic E-state index is 12.0. The fraction of sp³-hybridized carbons (Fsp3) is 0.118. The normalized spacial score (nSPS) is 10.4. The Bertz CT molecular complexity index is 869. The highest BCUT2D eigenvalue weighted by molar-refractivity contribution is 8.01. The zero-order chi connectivity index (χ0) is 18.4. The highest BCUT2D eigenvalue weighted by Crippen LogP contribution is 2.28. The predicted molar refractivity (Wildman–Crippen MR) is 107 cm³/mol. The van der Waals surface area contributed by atoms with Crippen LogP contribution in [0.2, 0.25) is 5.02 Å². The van der Waals surface area contributed by atoms with Crippen molar-refractivity contribution in [3.63, 3.8) is 0 Å². The van der Waals surface area contributed by atoms with Crippen molar-refractivity contribution < 1.29 is 9.53 Å². The summed E-state index contributed by atoms with van der Waals surface area (Å²) in [6.07, 6.45) is 0. The lowest BCUT2D eigenvalue weighted by Gasteiger charge is -2.04. The first-order chi connectivity index (χ1) is 12.6. The van der Waals surface area contributed by atoms with Gasteiger partial charge in [0.25, 0.3) is 0 Å². The van der Waals surface area contributed by atoms with E-state index >= 15 is 0 Å². The Labute approximate surface area is 163 Å². The van der Waals surface area contributed by atoms with Gasteiger partial charge in [-0.05, 0) is 48.5 Å². The fourth-order valence-electron chi connectivity index (χ4n) is 1.97. The second kappa shape index (κ2) is 8.88. The number of hydrogen-bond acceptors (Lipinski definition) is 7. The van der Waals surface area contributed by atoms with Crippen LogP contribution < -0.4 is 15.4 Å². The van der Waals surface area contributed by atoms with Crippen LogP contribution in [0.25, 0.3) is 0 Å². The van der Waals surface area contributed by atoms with Gasteiger partial charge < -0.3 is 15.4 Å². The van der Waals surface area contributed by atoms with E-state index in [1.807, 2.05) is 24.3 Å². The molecule has 0 spiro atoms. The van der Waals surface area contributed by atoms with Gasteiger partial charge in [-0.15, -0.1) is 10.2 Å². The van der Waals surface area contributed by atoms with Crippen LogP contribution in [-0.4, -0.2) is 29.0 Å². The van der Waals surface area contributed by atoms with Crippen molar-refractivity contribution in [1.29, 1.82) is 0 Å². The summed E-state index contributed by atoms with van der Waals surface area (Å²) in [7, 11) is 1.62. The molecule has 1 aromatic heterocycles. The second-order valence-corrected chi connectivity index (χ2v) is 7.71. The second-order valence-electron chi connectivity index (χ2n) is 5.07. The van der Waals surface area contributed by atoms with Crippen molar-refractivity contribution in [2.75, 3.05) is 23.5 Å². The van der Waals surface area contributed by atoms with E-state index < -0.39 is 0 Å². The number of aromatic nitrogens is 2. The molecule has 0 aliphatic rings. The van der Waals surface area contributed by atoms with Gasteiger partial charge >= 0.3 is 0 Å². The highest BCUT2D eigenvalue weighted by atomic mass is 35.5. The number of anilines is 3. The molecule has 1 amide bonds. The van der Waals surface area contributed by atoms with Crippen molar-refractivity contribution in [2.45, 2.75) is 4.34 Å². The number of nitrogens with one attached hydrogen (secondary N) is 2. The average molecular weight is 407 g/mol. The maximum Gasteiger partial charge on any atom is 0.234 e. The van der Waals surface area contributed by atoms with Gasteiger partial charge in [0.15, 0.2) is 4.34 Å². The number of hydrogen-bond donors (Lipinski definition) is 2. The van der Waals surface area contributed by atoms with Crippen molar-refractivity contribution in [1.82, 2.24) is 10.2 Å². The Kier molecular flexibility index (Phi) is 6.32. The van der Waals surface area contributed by atoms with Gasteiger partial charge in [-0.25, -0.2) is 0 Å². The fourth-order valence-corrected chi connectivity index (χ4v) is 3.67. The molecule has 0 aliphatic heterocycles. The third-order valence-corrected chi connectivity index (χ3v) is 5.43. The van der Waals surface area contributed by atoms with Crippen molar-refractivity contribution in [3.8, 4) is 5.75 Å². The van der Waals surface area contributed by atoms with E-state index in [-0.39, 0.29) is 11.7 Å². The van der Waals surface area contributed by atoms with E-state index in [1.54, 1.807) is 31.4 Å². The number of benzene rings is 2. The van der Waals surface area contributed by atoms with Crippen LogP contribution in [0.3, 0.4) is 0 Å². The van der Waals surface area contributed by atoms with Crippen LogP contribution in [0.4, 0.5) is 16.5 Å². The molecule has 1 heterocycles. The van der Waals surface area contributed by atoms with Crippen LogP contribution in [0.1, 0.15) is 0 Å². The number of carbonyl (C=O) groups excluding carboxylic acids is 1. The first-order valence-corrected chi connectivity index (χ1v) is 9.73. The van der Waals surface area contributed by atoms with E-state index in [9.17, 15) is 4.79 Å². The summed E-state index contributed by atoms with van der Waals surface area (Å²) in [5, 5.41) is 15.4. The van der Waals surface area contributed by atoms with E-state index in [2.05, 4.69) is 20.8 Å². The molecule has 3 aromatic rings. The molecule has 3 rings (SSSR count). The Balaban J connectivity index is 1.49. The van der Waals surface area contributed by atoms with Gasteiger partial charge in [0.05, 0.1) is 12.9 Å². The Morgan fingerprint density at radius 1 is 1.12 bits per heavy atom. The van der Waals surface area contributed by atoms with Gasteiger partial charge in [-0.3, -0.25) is 4.79 Å². The molecule has 6 nitrogen and oxygen atoms in total. The molecule has 0 saturated heterocycles. The quantitative estimate of drug-likeness (QED) is 0.555. The molecule has 0 atom stereocenters. The molecule has 0 fully saturated rings. The van der Waals surface area contributed by atoms with Crippen LogP contribution in [-0.2, 0) is 4.79 Å².